The fourth-order valence-corrected chi connectivity index (χ4v) is 3.52. The molecule has 2 aromatic rings. The van der Waals surface area contributed by atoms with Crippen LogP contribution in [-0.2, 0) is 0 Å². The maximum Gasteiger partial charge on any atom is 0.410 e. The molecule has 1 aromatic heterocycles. The highest BCUT2D eigenvalue weighted by Crippen LogP contribution is 2.34. The third kappa shape index (κ3) is 2.72. The molecule has 0 bridgehead atoms. The zero-order chi connectivity index (χ0) is 15.8. The lowest BCUT2D eigenvalue weighted by molar-refractivity contribution is 0.211. The number of aromatic amines is 1. The quantitative estimate of drug-likeness (QED) is 0.801. The average Bonchev–Trinajstić information content (AvgIpc) is 3.26. The number of carbonyl (C=O) groups excluding carboxylic acids is 1. The zero-order valence-electron chi connectivity index (χ0n) is 13.0. The molecule has 4 N–H and O–H groups in total. The molecule has 2 aliphatic heterocycles. The molecule has 2 aliphatic rings. The molecule has 0 radical (unpaired) electrons. The lowest BCUT2D eigenvalue weighted by atomic mass is 10.1. The minimum absolute atomic E-state index is 0.374. The molecule has 2 fully saturated rings. The summed E-state index contributed by atoms with van der Waals surface area (Å²) in [6, 6.07) is 3.96. The van der Waals surface area contributed by atoms with Gasteiger partial charge in [-0.05, 0) is 31.9 Å². The largest absolute Gasteiger partial charge is 0.410 e. The van der Waals surface area contributed by atoms with E-state index in [2.05, 4.69) is 26.3 Å². The van der Waals surface area contributed by atoms with E-state index >= 15 is 0 Å². The van der Waals surface area contributed by atoms with E-state index in [-0.39, 0.29) is 0 Å². The first kappa shape index (κ1) is 14.3. The van der Waals surface area contributed by atoms with E-state index < -0.39 is 6.09 Å². The van der Waals surface area contributed by atoms with Crippen molar-refractivity contribution in [2.24, 2.45) is 5.73 Å². The minimum Gasteiger partial charge on any atom is -0.408 e. The van der Waals surface area contributed by atoms with Crippen molar-refractivity contribution in [3.8, 4) is 5.75 Å². The summed E-state index contributed by atoms with van der Waals surface area (Å²) < 4.78 is 5.22. The topological polar surface area (TPSA) is 96.3 Å². The molecule has 0 aliphatic carbocycles. The molecule has 0 saturated carbocycles. The molecular formula is C16H21N5O2. The predicted octanol–water partition coefficient (Wildman–Crippen LogP) is 1.70. The van der Waals surface area contributed by atoms with E-state index in [4.69, 9.17) is 10.5 Å². The van der Waals surface area contributed by atoms with E-state index in [0.29, 0.717) is 17.2 Å². The van der Waals surface area contributed by atoms with Crippen LogP contribution in [0.4, 0.5) is 10.5 Å². The van der Waals surface area contributed by atoms with Gasteiger partial charge in [0.1, 0.15) is 11.3 Å². The van der Waals surface area contributed by atoms with E-state index in [1.165, 1.54) is 12.8 Å². The summed E-state index contributed by atoms with van der Waals surface area (Å²) in [5.74, 6) is 1.75. The Hall–Kier alpha value is -2.28. The van der Waals surface area contributed by atoms with E-state index in [9.17, 15) is 4.79 Å². The molecule has 0 spiro atoms. The first-order valence-corrected chi connectivity index (χ1v) is 8.17. The van der Waals surface area contributed by atoms with Gasteiger partial charge in [-0.25, -0.2) is 9.78 Å². The molecule has 7 nitrogen and oxygen atoms in total. The van der Waals surface area contributed by atoms with Gasteiger partial charge in [0.05, 0.1) is 5.52 Å². The number of hydrogen-bond acceptors (Lipinski definition) is 5. The van der Waals surface area contributed by atoms with Gasteiger partial charge >= 0.3 is 6.09 Å². The van der Waals surface area contributed by atoms with E-state index in [0.717, 1.165) is 49.6 Å². The number of nitrogens with two attached hydrogens (primary N) is 1. The third-order valence-corrected chi connectivity index (χ3v) is 4.68. The summed E-state index contributed by atoms with van der Waals surface area (Å²) in [4.78, 5) is 21.6. The Kier molecular flexibility index (Phi) is 3.57. The second kappa shape index (κ2) is 5.73. The number of nitrogens with zero attached hydrogens (tertiary/aromatic N) is 2. The molecule has 1 amide bonds. The Bertz CT molecular complexity index is 729. The van der Waals surface area contributed by atoms with Crippen LogP contribution in [-0.4, -0.2) is 42.2 Å². The summed E-state index contributed by atoms with van der Waals surface area (Å²) >= 11 is 0. The number of ether oxygens (including phenoxy) is 1. The van der Waals surface area contributed by atoms with Gasteiger partial charge in [0.15, 0.2) is 5.75 Å². The molecule has 1 atom stereocenters. The number of hydrogen-bond donors (Lipinski definition) is 3. The predicted molar refractivity (Wildman–Crippen MR) is 88.0 cm³/mol. The van der Waals surface area contributed by atoms with Crippen molar-refractivity contribution >= 4 is 22.8 Å². The van der Waals surface area contributed by atoms with Crippen LogP contribution >= 0.6 is 0 Å². The fraction of sp³-hybridized carbons (Fsp3) is 0.500. The molecule has 4 rings (SSSR count). The molecule has 23 heavy (non-hydrogen) atoms. The van der Waals surface area contributed by atoms with Gasteiger partial charge in [-0.1, -0.05) is 0 Å². The highest BCUT2D eigenvalue weighted by Gasteiger charge is 2.23. The standard InChI is InChI=1S/C16H21N5O2/c17-16(22)23-13-8-11(21-5-1-2-6-21)7-12-14(13)20-15(19-12)10-3-4-18-9-10/h7-8,10,18H,1-6,9H2,(H2,17,22)(H,19,20). The second-order valence-corrected chi connectivity index (χ2v) is 6.27. The van der Waals surface area contributed by atoms with Crippen LogP contribution < -0.4 is 20.7 Å². The molecule has 2 saturated heterocycles. The number of imidazole rings is 1. The number of aromatic nitrogens is 2. The average molecular weight is 315 g/mol. The normalized spacial score (nSPS) is 21.2. The van der Waals surface area contributed by atoms with Crippen LogP contribution in [0.1, 0.15) is 31.0 Å². The van der Waals surface area contributed by atoms with Gasteiger partial charge in [0.25, 0.3) is 0 Å². The van der Waals surface area contributed by atoms with E-state index in [1.54, 1.807) is 0 Å². The second-order valence-electron chi connectivity index (χ2n) is 6.27. The lowest BCUT2D eigenvalue weighted by Crippen LogP contribution is -2.19. The Morgan fingerprint density at radius 3 is 2.87 bits per heavy atom. The number of H-pyrrole nitrogens is 1. The molecule has 3 heterocycles. The number of nitrogens with one attached hydrogen (secondary N) is 2. The number of fused-ring (bicyclic) bond motifs is 1. The van der Waals surface area contributed by atoms with Crippen molar-refractivity contribution < 1.29 is 9.53 Å². The lowest BCUT2D eigenvalue weighted by Gasteiger charge is -2.18. The molecule has 122 valence electrons. The Balaban J connectivity index is 1.78. The van der Waals surface area contributed by atoms with Gasteiger partial charge in [-0.15, -0.1) is 0 Å². The number of anilines is 1. The molecule has 1 aromatic carbocycles. The Labute approximate surface area is 134 Å². The summed E-state index contributed by atoms with van der Waals surface area (Å²) in [6.45, 7) is 3.97. The summed E-state index contributed by atoms with van der Waals surface area (Å²) in [5.41, 5.74) is 7.84. The smallest absolute Gasteiger partial charge is 0.408 e. The van der Waals surface area contributed by atoms with Crippen molar-refractivity contribution in [2.45, 2.75) is 25.2 Å². The van der Waals surface area contributed by atoms with Gasteiger partial charge in [-0.2, -0.15) is 0 Å². The number of benzene rings is 1. The van der Waals surface area contributed by atoms with Gasteiger partial charge < -0.3 is 25.7 Å². The van der Waals surface area contributed by atoms with Crippen molar-refractivity contribution in [3.63, 3.8) is 0 Å². The minimum atomic E-state index is -0.808. The zero-order valence-corrected chi connectivity index (χ0v) is 13.0. The van der Waals surface area contributed by atoms with Gasteiger partial charge in [0, 0.05) is 37.3 Å². The van der Waals surface area contributed by atoms with Crippen LogP contribution in [0.3, 0.4) is 0 Å². The fourth-order valence-electron chi connectivity index (χ4n) is 3.52. The third-order valence-electron chi connectivity index (χ3n) is 4.68. The van der Waals surface area contributed by atoms with Crippen molar-refractivity contribution in [3.05, 3.63) is 18.0 Å². The highest BCUT2D eigenvalue weighted by atomic mass is 16.5. The van der Waals surface area contributed by atoms with Crippen molar-refractivity contribution in [1.29, 1.82) is 0 Å². The van der Waals surface area contributed by atoms with Crippen LogP contribution in [0.5, 0.6) is 5.75 Å². The SMILES string of the molecule is NC(=O)Oc1cc(N2CCCC2)cc2[nH]c(C3CCNC3)nc12. The highest BCUT2D eigenvalue weighted by molar-refractivity contribution is 5.88. The van der Waals surface area contributed by atoms with Crippen LogP contribution in [0.15, 0.2) is 12.1 Å². The van der Waals surface area contributed by atoms with Crippen LogP contribution in [0.2, 0.25) is 0 Å². The monoisotopic (exact) mass is 315 g/mol. The van der Waals surface area contributed by atoms with Crippen molar-refractivity contribution in [1.82, 2.24) is 15.3 Å². The Morgan fingerprint density at radius 2 is 2.17 bits per heavy atom. The van der Waals surface area contributed by atoms with Crippen LogP contribution in [0, 0.1) is 0 Å². The van der Waals surface area contributed by atoms with E-state index in [1.807, 2.05) is 6.07 Å². The van der Waals surface area contributed by atoms with Gasteiger partial charge in [0.2, 0.25) is 0 Å². The summed E-state index contributed by atoms with van der Waals surface area (Å²) in [5, 5.41) is 3.34. The molecule has 1 unspecified atom stereocenters. The number of amides is 1. The maximum absolute atomic E-state index is 11.2. The summed E-state index contributed by atoms with van der Waals surface area (Å²) in [6.07, 6.45) is 2.63. The van der Waals surface area contributed by atoms with Crippen LogP contribution in [0.25, 0.3) is 11.0 Å². The van der Waals surface area contributed by atoms with Crippen molar-refractivity contribution in [2.75, 3.05) is 31.1 Å². The first-order chi connectivity index (χ1) is 11.2. The number of primary amides is 1. The number of rotatable bonds is 3. The Morgan fingerprint density at radius 1 is 1.35 bits per heavy atom. The molecule has 7 heteroatoms. The van der Waals surface area contributed by atoms with Gasteiger partial charge in [-0.3, -0.25) is 0 Å². The number of carbonyl (C=O) groups is 1. The maximum atomic E-state index is 11.2. The molecular weight excluding hydrogens is 294 g/mol. The first-order valence-electron chi connectivity index (χ1n) is 8.17. The summed E-state index contributed by atoms with van der Waals surface area (Å²) in [7, 11) is 0.